The summed E-state index contributed by atoms with van der Waals surface area (Å²) in [4.78, 5) is 27.9. The number of aromatic nitrogens is 1. The molecule has 118 valence electrons. The van der Waals surface area contributed by atoms with Gasteiger partial charge in [-0.15, -0.1) is 0 Å². The molecule has 3 rings (SSSR count). The number of nitrogens with one attached hydrogen (secondary N) is 2. The first-order valence-electron chi connectivity index (χ1n) is 7.46. The van der Waals surface area contributed by atoms with Gasteiger partial charge in [0.15, 0.2) is 0 Å². The molecule has 3 atom stereocenters. The van der Waals surface area contributed by atoms with Crippen molar-refractivity contribution >= 4 is 23.4 Å². The maximum absolute atomic E-state index is 12.3. The van der Waals surface area contributed by atoms with Crippen LogP contribution in [0.15, 0.2) is 18.5 Å². The molecule has 6 nitrogen and oxygen atoms in total. The molecular formula is C15H18ClN3O3. The van der Waals surface area contributed by atoms with Crippen LogP contribution in [-0.2, 0) is 9.53 Å². The highest BCUT2D eigenvalue weighted by molar-refractivity contribution is 6.30. The zero-order valence-corrected chi connectivity index (χ0v) is 12.8. The van der Waals surface area contributed by atoms with Crippen molar-refractivity contribution in [2.75, 3.05) is 6.61 Å². The summed E-state index contributed by atoms with van der Waals surface area (Å²) in [6, 6.07) is 1.25. The molecule has 3 unspecified atom stereocenters. The lowest BCUT2D eigenvalue weighted by Crippen LogP contribution is -2.60. The molecule has 0 aromatic carbocycles. The Kier molecular flexibility index (Phi) is 4.59. The molecular weight excluding hydrogens is 306 g/mol. The molecule has 2 saturated heterocycles. The zero-order chi connectivity index (χ0) is 15.5. The van der Waals surface area contributed by atoms with Crippen LogP contribution in [-0.4, -0.2) is 41.6 Å². The van der Waals surface area contributed by atoms with Crippen LogP contribution in [0.1, 0.15) is 36.0 Å². The summed E-state index contributed by atoms with van der Waals surface area (Å²) in [5.74, 6) is -0.227. The van der Waals surface area contributed by atoms with Crippen molar-refractivity contribution in [2.24, 2.45) is 0 Å². The average molecular weight is 324 g/mol. The molecule has 0 saturated carbocycles. The smallest absolute Gasteiger partial charge is 0.253 e. The minimum Gasteiger partial charge on any atom is -0.376 e. The molecule has 2 aliphatic rings. The standard InChI is InChI=1S/C15H18ClN3O3/c16-10-6-9(7-17-8-10)15(21)18-11-3-4-13(20)19-14(11)12-2-1-5-22-12/h6-8,11-12,14H,1-5H2,(H,18,21)(H,19,20). The highest BCUT2D eigenvalue weighted by Gasteiger charge is 2.37. The van der Waals surface area contributed by atoms with Crippen LogP contribution in [0.4, 0.5) is 0 Å². The van der Waals surface area contributed by atoms with Gasteiger partial charge in [0.2, 0.25) is 5.91 Å². The van der Waals surface area contributed by atoms with Gasteiger partial charge in [-0.3, -0.25) is 14.6 Å². The molecule has 22 heavy (non-hydrogen) atoms. The van der Waals surface area contributed by atoms with E-state index in [0.29, 0.717) is 30.0 Å². The van der Waals surface area contributed by atoms with Gasteiger partial charge in [-0.05, 0) is 25.3 Å². The number of carbonyl (C=O) groups is 2. The number of piperidine rings is 1. The van der Waals surface area contributed by atoms with E-state index in [-0.39, 0.29) is 30.0 Å². The van der Waals surface area contributed by atoms with E-state index >= 15 is 0 Å². The van der Waals surface area contributed by atoms with E-state index < -0.39 is 0 Å². The number of pyridine rings is 1. The molecule has 0 aliphatic carbocycles. The van der Waals surface area contributed by atoms with Gasteiger partial charge in [0, 0.05) is 25.4 Å². The number of hydrogen-bond acceptors (Lipinski definition) is 4. The quantitative estimate of drug-likeness (QED) is 0.878. The summed E-state index contributed by atoms with van der Waals surface area (Å²) >= 11 is 5.86. The molecule has 0 bridgehead atoms. The predicted octanol–water partition coefficient (Wildman–Crippen LogP) is 1.29. The number of nitrogens with zero attached hydrogens (tertiary/aromatic N) is 1. The minimum atomic E-state index is -0.237. The third-order valence-electron chi connectivity index (χ3n) is 4.09. The number of rotatable bonds is 3. The molecule has 0 spiro atoms. The molecule has 2 amide bonds. The average Bonchev–Trinajstić information content (AvgIpc) is 3.03. The monoisotopic (exact) mass is 323 g/mol. The molecule has 7 heteroatoms. The van der Waals surface area contributed by atoms with Crippen molar-refractivity contribution in [3.8, 4) is 0 Å². The fourth-order valence-electron chi connectivity index (χ4n) is 3.01. The van der Waals surface area contributed by atoms with Crippen LogP contribution >= 0.6 is 11.6 Å². The summed E-state index contributed by atoms with van der Waals surface area (Å²) in [6.07, 6.45) is 5.81. The fraction of sp³-hybridized carbons (Fsp3) is 0.533. The second-order valence-corrected chi connectivity index (χ2v) is 6.09. The van der Waals surface area contributed by atoms with E-state index in [1.54, 1.807) is 6.07 Å². The maximum Gasteiger partial charge on any atom is 0.253 e. The van der Waals surface area contributed by atoms with Gasteiger partial charge in [0.25, 0.3) is 5.91 Å². The first-order valence-corrected chi connectivity index (χ1v) is 7.83. The van der Waals surface area contributed by atoms with E-state index in [1.807, 2.05) is 0 Å². The third kappa shape index (κ3) is 3.39. The van der Waals surface area contributed by atoms with Crippen molar-refractivity contribution in [3.05, 3.63) is 29.0 Å². The second kappa shape index (κ2) is 6.62. The van der Waals surface area contributed by atoms with E-state index in [1.165, 1.54) is 12.4 Å². The largest absolute Gasteiger partial charge is 0.376 e. The van der Waals surface area contributed by atoms with Crippen LogP contribution in [0.5, 0.6) is 0 Å². The minimum absolute atomic E-state index is 0.00965. The lowest BCUT2D eigenvalue weighted by atomic mass is 9.92. The van der Waals surface area contributed by atoms with Crippen molar-refractivity contribution in [2.45, 2.75) is 43.9 Å². The molecule has 3 heterocycles. The first-order chi connectivity index (χ1) is 10.6. The Hall–Kier alpha value is -1.66. The lowest BCUT2D eigenvalue weighted by molar-refractivity contribution is -0.125. The van der Waals surface area contributed by atoms with E-state index in [2.05, 4.69) is 15.6 Å². The van der Waals surface area contributed by atoms with Gasteiger partial charge in [-0.2, -0.15) is 0 Å². The van der Waals surface area contributed by atoms with Gasteiger partial charge in [-0.1, -0.05) is 11.6 Å². The highest BCUT2D eigenvalue weighted by atomic mass is 35.5. The number of hydrogen-bond donors (Lipinski definition) is 2. The summed E-state index contributed by atoms with van der Waals surface area (Å²) in [5.41, 5.74) is 0.412. The Bertz CT molecular complexity index is 575. The number of ether oxygens (including phenoxy) is 1. The first kappa shape index (κ1) is 15.2. The van der Waals surface area contributed by atoms with Crippen LogP contribution in [0.2, 0.25) is 5.02 Å². The normalized spacial score (nSPS) is 28.2. The van der Waals surface area contributed by atoms with Gasteiger partial charge in [0.1, 0.15) is 0 Å². The Morgan fingerprint density at radius 1 is 1.41 bits per heavy atom. The van der Waals surface area contributed by atoms with Crippen molar-refractivity contribution < 1.29 is 14.3 Å². The molecule has 0 radical (unpaired) electrons. The van der Waals surface area contributed by atoms with Gasteiger partial charge >= 0.3 is 0 Å². The van der Waals surface area contributed by atoms with Gasteiger partial charge in [0.05, 0.1) is 28.8 Å². The topological polar surface area (TPSA) is 80.3 Å². The summed E-state index contributed by atoms with van der Waals surface area (Å²) < 4.78 is 5.68. The van der Waals surface area contributed by atoms with Crippen LogP contribution < -0.4 is 10.6 Å². The zero-order valence-electron chi connectivity index (χ0n) is 12.0. The maximum atomic E-state index is 12.3. The molecule has 2 fully saturated rings. The highest BCUT2D eigenvalue weighted by Crippen LogP contribution is 2.23. The Labute approximate surface area is 133 Å². The number of amides is 2. The number of halogens is 1. The lowest BCUT2D eigenvalue weighted by Gasteiger charge is -2.36. The van der Waals surface area contributed by atoms with Crippen LogP contribution in [0.3, 0.4) is 0 Å². The van der Waals surface area contributed by atoms with E-state index in [0.717, 1.165) is 12.8 Å². The summed E-state index contributed by atoms with van der Waals surface area (Å²) in [7, 11) is 0. The Balaban J connectivity index is 1.71. The Morgan fingerprint density at radius 3 is 3.00 bits per heavy atom. The van der Waals surface area contributed by atoms with Crippen molar-refractivity contribution in [1.29, 1.82) is 0 Å². The Morgan fingerprint density at radius 2 is 2.27 bits per heavy atom. The predicted molar refractivity (Wildman–Crippen MR) is 80.6 cm³/mol. The molecule has 2 aliphatic heterocycles. The van der Waals surface area contributed by atoms with Crippen LogP contribution in [0.25, 0.3) is 0 Å². The molecule has 2 N–H and O–H groups in total. The summed E-state index contributed by atoms with van der Waals surface area (Å²) in [5, 5.41) is 6.35. The second-order valence-electron chi connectivity index (χ2n) is 5.66. The third-order valence-corrected chi connectivity index (χ3v) is 4.30. The SMILES string of the molecule is O=C1CCC(NC(=O)c2cncc(Cl)c2)C(C2CCCO2)N1. The van der Waals surface area contributed by atoms with Crippen molar-refractivity contribution in [1.82, 2.24) is 15.6 Å². The molecule has 1 aromatic rings. The van der Waals surface area contributed by atoms with E-state index in [9.17, 15) is 9.59 Å². The molecule has 1 aromatic heterocycles. The van der Waals surface area contributed by atoms with Crippen molar-refractivity contribution in [3.63, 3.8) is 0 Å². The number of carbonyl (C=O) groups excluding carboxylic acids is 2. The van der Waals surface area contributed by atoms with Crippen LogP contribution in [0, 0.1) is 0 Å². The van der Waals surface area contributed by atoms with Gasteiger partial charge < -0.3 is 15.4 Å². The van der Waals surface area contributed by atoms with Gasteiger partial charge in [-0.25, -0.2) is 0 Å². The van der Waals surface area contributed by atoms with E-state index in [4.69, 9.17) is 16.3 Å². The summed E-state index contributed by atoms with van der Waals surface area (Å²) in [6.45, 7) is 0.704. The fourth-order valence-corrected chi connectivity index (χ4v) is 3.19.